The lowest BCUT2D eigenvalue weighted by atomic mass is 9.74. The summed E-state index contributed by atoms with van der Waals surface area (Å²) in [4.78, 5) is 191. The number of hydrogen-bond donors (Lipinski definition) is 3. The highest BCUT2D eigenvalue weighted by Crippen LogP contribution is 2.44. The third kappa shape index (κ3) is 19.9. The normalized spacial score (nSPS) is 29.8. The number of fused-ring (bicyclic) bond motifs is 2. The lowest BCUT2D eigenvalue weighted by Crippen LogP contribution is -2.68. The van der Waals surface area contributed by atoms with Gasteiger partial charge in [-0.15, -0.1) is 11.6 Å². The van der Waals surface area contributed by atoms with Crippen LogP contribution in [0.25, 0.3) is 0 Å². The molecule has 13 atom stereocenters. The Bertz CT molecular complexity index is 2910. The molecule has 25 nitrogen and oxygen atoms in total. The lowest BCUT2D eigenvalue weighted by Gasteiger charge is -2.46. The maximum Gasteiger partial charge on any atom is 0.393 e. The van der Waals surface area contributed by atoms with E-state index in [4.69, 9.17) is 16.3 Å². The van der Waals surface area contributed by atoms with Crippen molar-refractivity contribution in [1.82, 2.24) is 60.0 Å². The van der Waals surface area contributed by atoms with Crippen molar-refractivity contribution in [3.8, 4) is 0 Å². The molecule has 6 rings (SSSR count). The van der Waals surface area contributed by atoms with Crippen molar-refractivity contribution in [3.05, 3.63) is 0 Å². The number of rotatable bonds is 16. The Balaban J connectivity index is 1.43. The monoisotopic (exact) mass is 1440 g/mol. The van der Waals surface area contributed by atoms with Crippen molar-refractivity contribution in [1.29, 1.82) is 0 Å². The molecule has 100 heavy (non-hydrogen) atoms. The molecule has 0 aromatic carbocycles. The second-order valence-corrected chi connectivity index (χ2v) is 31.0. The highest BCUT2D eigenvalue weighted by Gasteiger charge is 2.54. The minimum atomic E-state index is -4.52. The lowest BCUT2D eigenvalue weighted by molar-refractivity contribution is -0.182. The van der Waals surface area contributed by atoms with Crippen molar-refractivity contribution in [3.63, 3.8) is 0 Å². The largest absolute Gasteiger partial charge is 0.393 e. The van der Waals surface area contributed by atoms with Crippen LogP contribution in [0.1, 0.15) is 184 Å². The standard InChI is InChI=1S/C71H116ClF3N12O13/c1-16-33-85-55(41-100-36-30-42(3)4)65(95)80(11)40-56(88)76-50(28-26-46-25-27-48(49(72)38-46)71(73,74)75)63(93)86-34-20-24-51(86)61(91)78-70(31-21-32-70)69(99)84(15)59(47-22-18-19-23-47)68(98)83(14)54(64(94)79(9)10)39-57(89)82(13)53(37-43(5)6)60(90)77-58(44(7)17-2)67(97)81(12)45(8)62(92)87-35-29-52(87)66(85)96/h42-55,58-59H,16-41H2,1-15H3,(H,76,88)(H,77,90)(H,78,91)/t44-,45-,46?,48?,49?,50-,51-,52-,53-,54-,55-,58-,59-/m0/s1. The van der Waals surface area contributed by atoms with Crippen molar-refractivity contribution in [2.75, 3.05) is 88.7 Å². The number of carbonyl (C=O) groups is 12. The van der Waals surface area contributed by atoms with Gasteiger partial charge in [0, 0.05) is 81.0 Å². The maximum absolute atomic E-state index is 15.4. The average Bonchev–Trinajstić information content (AvgIpc) is 1.07. The van der Waals surface area contributed by atoms with Gasteiger partial charge in [-0.1, -0.05) is 67.7 Å². The van der Waals surface area contributed by atoms with Crippen molar-refractivity contribution >= 4 is 82.5 Å². The molecule has 12 amide bonds. The molecule has 0 bridgehead atoms. The smallest absolute Gasteiger partial charge is 0.379 e. The van der Waals surface area contributed by atoms with Crippen LogP contribution < -0.4 is 16.0 Å². The van der Waals surface area contributed by atoms with Gasteiger partial charge in [0.15, 0.2) is 0 Å². The predicted molar refractivity (Wildman–Crippen MR) is 369 cm³/mol. The zero-order chi connectivity index (χ0) is 74.6. The van der Waals surface area contributed by atoms with E-state index in [1.54, 1.807) is 13.8 Å². The Morgan fingerprint density at radius 2 is 1.34 bits per heavy atom. The first kappa shape index (κ1) is 82.6. The summed E-state index contributed by atoms with van der Waals surface area (Å²) >= 11 is 6.40. The highest BCUT2D eigenvalue weighted by molar-refractivity contribution is 6.21. The predicted octanol–water partition coefficient (Wildman–Crippen LogP) is 5.18. The number of carbonyl (C=O) groups excluding carboxylic acids is 12. The molecule has 3 aliphatic heterocycles. The van der Waals surface area contributed by atoms with Gasteiger partial charge in [0.1, 0.15) is 59.9 Å². The molecule has 0 aromatic rings. The molecule has 29 heteroatoms. The summed E-state index contributed by atoms with van der Waals surface area (Å²) < 4.78 is 48.1. The van der Waals surface area contributed by atoms with E-state index in [0.29, 0.717) is 44.9 Å². The average molecular weight is 1440 g/mol. The van der Waals surface area contributed by atoms with Crippen LogP contribution in [0.2, 0.25) is 0 Å². The molecular formula is C71H116ClF3N12O13. The Kier molecular flexibility index (Phi) is 29.9. The van der Waals surface area contributed by atoms with Gasteiger partial charge in [-0.2, -0.15) is 13.2 Å². The van der Waals surface area contributed by atoms with Crippen LogP contribution in [0.3, 0.4) is 0 Å². The molecule has 3 heterocycles. The number of nitrogens with zero attached hydrogens (tertiary/aromatic N) is 9. The molecule has 3 aliphatic carbocycles. The van der Waals surface area contributed by atoms with Crippen LogP contribution in [0.4, 0.5) is 13.2 Å². The second kappa shape index (κ2) is 36.2. The fourth-order valence-electron chi connectivity index (χ4n) is 15.2. The first-order valence-electron chi connectivity index (χ1n) is 36.6. The van der Waals surface area contributed by atoms with Crippen molar-refractivity contribution in [2.24, 2.45) is 35.5 Å². The Hall–Kier alpha value is -6.32. The minimum absolute atomic E-state index is 0.0124. The van der Waals surface area contributed by atoms with Gasteiger partial charge in [0.05, 0.1) is 25.5 Å². The number of halogens is 4. The van der Waals surface area contributed by atoms with Crippen molar-refractivity contribution in [2.45, 2.75) is 255 Å². The summed E-state index contributed by atoms with van der Waals surface area (Å²) in [6.07, 6.45) is 0.485. The molecule has 3 saturated heterocycles. The quantitative estimate of drug-likeness (QED) is 0.133. The third-order valence-electron chi connectivity index (χ3n) is 22.2. The number of nitrogens with one attached hydrogen (secondary N) is 3. The summed E-state index contributed by atoms with van der Waals surface area (Å²) in [6, 6.07) is -11.1. The number of alkyl halides is 4. The van der Waals surface area contributed by atoms with Crippen LogP contribution in [0.15, 0.2) is 0 Å². The zero-order valence-electron chi connectivity index (χ0n) is 62.0. The molecular weight excluding hydrogens is 1320 g/mol. The van der Waals surface area contributed by atoms with E-state index in [1.807, 2.05) is 34.6 Å². The minimum Gasteiger partial charge on any atom is -0.379 e. The van der Waals surface area contributed by atoms with E-state index in [1.165, 1.54) is 95.5 Å². The fraction of sp³-hybridized carbons (Fsp3) is 0.831. The first-order valence-corrected chi connectivity index (χ1v) is 37.0. The van der Waals surface area contributed by atoms with Gasteiger partial charge in [-0.05, 0) is 139 Å². The third-order valence-corrected chi connectivity index (χ3v) is 22.6. The van der Waals surface area contributed by atoms with E-state index in [-0.39, 0.29) is 115 Å². The SMILES string of the molecule is CCCN1C(=O)[C@@H]2CCN2C(=O)[C@H](C)N(C)C(=O)[C@H]([C@@H](C)CC)NC(=O)[C@H](CC(C)C)N(C)C(=O)C[C@@H](C(=O)N(C)C)N(C)C(=O)[C@H](C2CCCC2)N(C)C(=O)C2(CCC2)NC(=O)[C@@H]2CCCN2C(=O)[C@H](CCC2CCC(C(F)(F)F)C(Cl)C2)NC(=O)CN(C)C(=O)[C@@H]1COCCC(C)C. The molecule has 566 valence electrons. The molecule has 6 aliphatic rings. The fourth-order valence-corrected chi connectivity index (χ4v) is 15.7. The number of amides is 12. The van der Waals surface area contributed by atoms with E-state index in [0.717, 1.165) is 17.7 Å². The van der Waals surface area contributed by atoms with Crippen molar-refractivity contribution < 1.29 is 75.4 Å². The molecule has 3 unspecified atom stereocenters. The zero-order valence-corrected chi connectivity index (χ0v) is 62.7. The number of ether oxygens (including phenoxy) is 1. The van der Waals surface area contributed by atoms with Crippen LogP contribution in [-0.2, 0) is 62.3 Å². The Morgan fingerprint density at radius 1 is 0.690 bits per heavy atom. The second-order valence-electron chi connectivity index (χ2n) is 30.4. The molecule has 6 fully saturated rings. The molecule has 0 aromatic heterocycles. The highest BCUT2D eigenvalue weighted by atomic mass is 35.5. The molecule has 3 saturated carbocycles. The summed E-state index contributed by atoms with van der Waals surface area (Å²) in [6.45, 7) is 14.1. The topological polar surface area (TPSA) is 279 Å². The summed E-state index contributed by atoms with van der Waals surface area (Å²) in [5.74, 6) is -10.8. The summed E-state index contributed by atoms with van der Waals surface area (Å²) in [5, 5.41) is 7.50. The first-order chi connectivity index (χ1) is 46.9. The van der Waals surface area contributed by atoms with Crippen LogP contribution in [0.5, 0.6) is 0 Å². The van der Waals surface area contributed by atoms with Gasteiger partial charge < -0.3 is 64.8 Å². The molecule has 0 radical (unpaired) electrons. The van der Waals surface area contributed by atoms with E-state index in [9.17, 15) is 46.7 Å². The van der Waals surface area contributed by atoms with Gasteiger partial charge in [-0.25, -0.2) is 0 Å². The Labute approximate surface area is 595 Å². The maximum atomic E-state index is 15.4. The van der Waals surface area contributed by atoms with Crippen LogP contribution >= 0.6 is 11.6 Å². The van der Waals surface area contributed by atoms with E-state index >= 15 is 24.0 Å². The summed E-state index contributed by atoms with van der Waals surface area (Å²) in [7, 11) is 10.0. The van der Waals surface area contributed by atoms with Gasteiger partial charge in [-0.3, -0.25) is 57.5 Å². The summed E-state index contributed by atoms with van der Waals surface area (Å²) in [5.41, 5.74) is -1.53. The number of hydrogen-bond acceptors (Lipinski definition) is 13. The van der Waals surface area contributed by atoms with Gasteiger partial charge >= 0.3 is 6.18 Å². The van der Waals surface area contributed by atoms with Crippen LogP contribution in [-0.4, -0.2) is 275 Å². The van der Waals surface area contributed by atoms with Gasteiger partial charge in [0.2, 0.25) is 70.9 Å². The Morgan fingerprint density at radius 3 is 1.89 bits per heavy atom. The van der Waals surface area contributed by atoms with Crippen LogP contribution in [0, 0.1) is 35.5 Å². The van der Waals surface area contributed by atoms with E-state index < -0.39 is 173 Å². The molecule has 1 spiro atoms. The van der Waals surface area contributed by atoms with Gasteiger partial charge in [0.25, 0.3) is 0 Å². The number of likely N-dealkylation sites (N-methyl/N-ethyl adjacent to an activating group) is 6. The van der Waals surface area contributed by atoms with E-state index in [2.05, 4.69) is 16.0 Å². The molecule has 3 N–H and O–H groups in total.